The summed E-state index contributed by atoms with van der Waals surface area (Å²) in [5, 5.41) is 3.80. The van der Waals surface area contributed by atoms with E-state index in [4.69, 9.17) is 0 Å². The Morgan fingerprint density at radius 3 is 2.80 bits per heavy atom. The van der Waals surface area contributed by atoms with Gasteiger partial charge in [-0.3, -0.25) is 4.79 Å². The van der Waals surface area contributed by atoms with E-state index in [-0.39, 0.29) is 11.9 Å². The molecule has 0 bridgehead atoms. The van der Waals surface area contributed by atoms with Crippen LogP contribution in [0, 0.1) is 0 Å². The number of carbonyl (C=O) groups excluding carboxylic acids is 1. The van der Waals surface area contributed by atoms with Crippen LogP contribution in [0.1, 0.15) is 18.4 Å². The minimum atomic E-state index is 0.0624. The molecule has 5 nitrogen and oxygen atoms in total. The van der Waals surface area contributed by atoms with Crippen LogP contribution in [0.2, 0.25) is 0 Å². The Bertz CT molecular complexity index is 653. The lowest BCUT2D eigenvalue weighted by Gasteiger charge is -2.33. The Morgan fingerprint density at radius 1 is 1.20 bits per heavy atom. The molecular formula is C19H24N4OS. The molecule has 1 amide bonds. The summed E-state index contributed by atoms with van der Waals surface area (Å²) in [5.74, 6) is 0.428. The van der Waals surface area contributed by atoms with Crippen molar-refractivity contribution in [3.63, 3.8) is 0 Å². The van der Waals surface area contributed by atoms with Gasteiger partial charge in [-0.25, -0.2) is 9.97 Å². The van der Waals surface area contributed by atoms with Gasteiger partial charge < -0.3 is 10.2 Å². The van der Waals surface area contributed by atoms with Gasteiger partial charge in [0, 0.05) is 31.5 Å². The number of nitrogens with zero attached hydrogens (tertiary/aromatic N) is 3. The van der Waals surface area contributed by atoms with Gasteiger partial charge in [0.2, 0.25) is 5.91 Å². The van der Waals surface area contributed by atoms with Crippen molar-refractivity contribution in [3.8, 4) is 0 Å². The second kappa shape index (κ2) is 9.53. The maximum Gasteiger partial charge on any atom is 0.230 e. The fourth-order valence-corrected chi connectivity index (χ4v) is 3.68. The minimum Gasteiger partial charge on any atom is -0.351 e. The molecule has 1 aliphatic heterocycles. The molecule has 2 aromatic rings. The number of rotatable bonds is 7. The van der Waals surface area contributed by atoms with Crippen LogP contribution in [0.5, 0.6) is 0 Å². The van der Waals surface area contributed by atoms with Gasteiger partial charge in [-0.05, 0) is 37.4 Å². The van der Waals surface area contributed by atoms with E-state index in [9.17, 15) is 4.79 Å². The average molecular weight is 356 g/mol. The molecule has 0 radical (unpaired) electrons. The minimum absolute atomic E-state index is 0.0624. The summed E-state index contributed by atoms with van der Waals surface area (Å²) < 4.78 is 0. The number of aromatic nitrogens is 2. The lowest BCUT2D eigenvalue weighted by Crippen LogP contribution is -2.48. The third-order valence-electron chi connectivity index (χ3n) is 4.30. The standard InChI is InChI=1S/C19H24N4OS/c24-18(15-25-19-20-10-5-11-21-19)22-17-8-4-12-23(14-17)13-9-16-6-2-1-3-7-16/h1-3,5-7,10-11,17H,4,8-9,12-15H2,(H,22,24). The lowest BCUT2D eigenvalue weighted by molar-refractivity contribution is -0.119. The van der Waals surface area contributed by atoms with E-state index in [2.05, 4.69) is 50.5 Å². The summed E-state index contributed by atoms with van der Waals surface area (Å²) in [6, 6.07) is 12.6. The molecule has 1 aliphatic rings. The van der Waals surface area contributed by atoms with Crippen LogP contribution in [0.15, 0.2) is 53.9 Å². The third-order valence-corrected chi connectivity index (χ3v) is 5.18. The molecule has 6 heteroatoms. The molecule has 1 unspecified atom stereocenters. The van der Waals surface area contributed by atoms with Crippen LogP contribution in [-0.4, -0.2) is 52.2 Å². The van der Waals surface area contributed by atoms with Gasteiger partial charge in [-0.15, -0.1) is 0 Å². The van der Waals surface area contributed by atoms with Crippen molar-refractivity contribution >= 4 is 17.7 Å². The summed E-state index contributed by atoms with van der Waals surface area (Å²) in [4.78, 5) is 22.9. The zero-order valence-electron chi connectivity index (χ0n) is 14.3. The van der Waals surface area contributed by atoms with E-state index in [0.717, 1.165) is 38.9 Å². The number of carbonyl (C=O) groups is 1. The van der Waals surface area contributed by atoms with Gasteiger partial charge in [0.1, 0.15) is 0 Å². The summed E-state index contributed by atoms with van der Waals surface area (Å²) in [5.41, 5.74) is 1.37. The van der Waals surface area contributed by atoms with Crippen molar-refractivity contribution in [1.82, 2.24) is 20.2 Å². The topological polar surface area (TPSA) is 58.1 Å². The van der Waals surface area contributed by atoms with Crippen LogP contribution < -0.4 is 5.32 Å². The van der Waals surface area contributed by atoms with Crippen LogP contribution in [0.4, 0.5) is 0 Å². The number of piperidine rings is 1. The van der Waals surface area contributed by atoms with Gasteiger partial charge in [0.15, 0.2) is 5.16 Å². The van der Waals surface area contributed by atoms with Gasteiger partial charge >= 0.3 is 0 Å². The molecule has 1 aromatic heterocycles. The van der Waals surface area contributed by atoms with Crippen molar-refractivity contribution in [1.29, 1.82) is 0 Å². The number of amides is 1. The van der Waals surface area contributed by atoms with Crippen molar-refractivity contribution in [2.75, 3.05) is 25.4 Å². The van der Waals surface area contributed by atoms with Gasteiger partial charge in [0.25, 0.3) is 0 Å². The maximum absolute atomic E-state index is 12.2. The highest BCUT2D eigenvalue weighted by Crippen LogP contribution is 2.13. The molecule has 1 fully saturated rings. The zero-order chi connectivity index (χ0) is 17.3. The summed E-state index contributed by atoms with van der Waals surface area (Å²) in [6.07, 6.45) is 6.63. The second-order valence-electron chi connectivity index (χ2n) is 6.26. The number of hydrogen-bond acceptors (Lipinski definition) is 5. The van der Waals surface area contributed by atoms with E-state index in [1.165, 1.54) is 17.3 Å². The third kappa shape index (κ3) is 6.14. The number of likely N-dealkylation sites (tertiary alicyclic amines) is 1. The van der Waals surface area contributed by atoms with Crippen LogP contribution in [0.25, 0.3) is 0 Å². The highest BCUT2D eigenvalue weighted by atomic mass is 32.2. The summed E-state index contributed by atoms with van der Waals surface area (Å²) >= 11 is 1.38. The number of thioether (sulfide) groups is 1. The first kappa shape index (κ1) is 17.9. The predicted molar refractivity (Wildman–Crippen MR) is 101 cm³/mol. The van der Waals surface area contributed by atoms with E-state index >= 15 is 0 Å². The van der Waals surface area contributed by atoms with Crippen molar-refractivity contribution in [2.24, 2.45) is 0 Å². The molecule has 25 heavy (non-hydrogen) atoms. The van der Waals surface area contributed by atoms with Crippen LogP contribution in [0.3, 0.4) is 0 Å². The van der Waals surface area contributed by atoms with Crippen molar-refractivity contribution in [3.05, 3.63) is 54.4 Å². The van der Waals surface area contributed by atoms with Crippen LogP contribution in [-0.2, 0) is 11.2 Å². The zero-order valence-corrected chi connectivity index (χ0v) is 15.1. The molecule has 1 N–H and O–H groups in total. The Kier molecular flexibility index (Phi) is 6.82. The normalized spacial score (nSPS) is 18.0. The molecule has 0 saturated carbocycles. The van der Waals surface area contributed by atoms with E-state index in [1.807, 2.05) is 0 Å². The summed E-state index contributed by atoms with van der Waals surface area (Å²) in [7, 11) is 0. The van der Waals surface area contributed by atoms with Crippen LogP contribution >= 0.6 is 11.8 Å². The molecule has 1 atom stereocenters. The van der Waals surface area contributed by atoms with E-state index < -0.39 is 0 Å². The average Bonchev–Trinajstić information content (AvgIpc) is 2.67. The molecule has 3 rings (SSSR count). The first-order valence-corrected chi connectivity index (χ1v) is 9.73. The highest BCUT2D eigenvalue weighted by molar-refractivity contribution is 7.99. The highest BCUT2D eigenvalue weighted by Gasteiger charge is 2.21. The van der Waals surface area contributed by atoms with E-state index in [1.54, 1.807) is 18.5 Å². The first-order chi connectivity index (χ1) is 12.3. The fourth-order valence-electron chi connectivity index (χ4n) is 3.07. The second-order valence-corrected chi connectivity index (χ2v) is 7.21. The van der Waals surface area contributed by atoms with Crippen molar-refractivity contribution < 1.29 is 4.79 Å². The molecular weight excluding hydrogens is 332 g/mol. The fraction of sp³-hybridized carbons (Fsp3) is 0.421. The monoisotopic (exact) mass is 356 g/mol. The predicted octanol–water partition coefficient (Wildman–Crippen LogP) is 2.39. The Balaban J connectivity index is 1.39. The largest absolute Gasteiger partial charge is 0.351 e. The quantitative estimate of drug-likeness (QED) is 0.610. The number of nitrogens with one attached hydrogen (secondary N) is 1. The maximum atomic E-state index is 12.2. The Hall–Kier alpha value is -1.92. The Labute approximate surface area is 153 Å². The molecule has 0 aliphatic carbocycles. The van der Waals surface area contributed by atoms with Gasteiger partial charge in [-0.1, -0.05) is 42.1 Å². The van der Waals surface area contributed by atoms with Gasteiger partial charge in [-0.2, -0.15) is 0 Å². The lowest BCUT2D eigenvalue weighted by atomic mass is 10.0. The molecule has 2 heterocycles. The first-order valence-electron chi connectivity index (χ1n) is 8.75. The molecule has 1 saturated heterocycles. The Morgan fingerprint density at radius 2 is 2.00 bits per heavy atom. The summed E-state index contributed by atoms with van der Waals surface area (Å²) in [6.45, 7) is 3.10. The SMILES string of the molecule is O=C(CSc1ncccn1)NC1CCCN(CCc2ccccc2)C1. The number of hydrogen-bond donors (Lipinski definition) is 1. The number of benzene rings is 1. The van der Waals surface area contributed by atoms with E-state index in [0.29, 0.717) is 10.9 Å². The molecule has 132 valence electrons. The van der Waals surface area contributed by atoms with Crippen molar-refractivity contribution in [2.45, 2.75) is 30.5 Å². The van der Waals surface area contributed by atoms with Gasteiger partial charge in [0.05, 0.1) is 5.75 Å². The molecule has 1 aromatic carbocycles. The molecule has 0 spiro atoms. The smallest absolute Gasteiger partial charge is 0.230 e.